The molecule has 1 saturated carbocycles. The summed E-state index contributed by atoms with van der Waals surface area (Å²) in [6.45, 7) is 7.03. The molecule has 1 aliphatic carbocycles. The van der Waals surface area contributed by atoms with Gasteiger partial charge in [-0.05, 0) is 70.0 Å². The van der Waals surface area contributed by atoms with Crippen LogP contribution in [0.2, 0.25) is 0 Å². The predicted octanol–water partition coefficient (Wildman–Crippen LogP) is 3.24. The highest BCUT2D eigenvalue weighted by molar-refractivity contribution is 5.26. The van der Waals surface area contributed by atoms with Gasteiger partial charge < -0.3 is 10.2 Å². The van der Waals surface area contributed by atoms with Crippen LogP contribution in [0.25, 0.3) is 0 Å². The Balaban J connectivity index is 1.45. The van der Waals surface area contributed by atoms with Crippen LogP contribution in [-0.4, -0.2) is 40.0 Å². The number of nitrogens with one attached hydrogen (secondary N) is 1. The zero-order valence-electron chi connectivity index (χ0n) is 13.4. The van der Waals surface area contributed by atoms with Crippen molar-refractivity contribution in [1.82, 2.24) is 14.9 Å². The lowest BCUT2D eigenvalue weighted by atomic mass is 9.88. The molecule has 0 atom stereocenters. The first-order chi connectivity index (χ1) is 10.2. The van der Waals surface area contributed by atoms with Crippen LogP contribution in [0.1, 0.15) is 51.0 Å². The minimum Gasteiger partial charge on any atom is -0.351 e. The average Bonchev–Trinajstić information content (AvgIpc) is 2.51. The van der Waals surface area contributed by atoms with E-state index in [-0.39, 0.29) is 0 Å². The van der Waals surface area contributed by atoms with Crippen molar-refractivity contribution in [3.8, 4) is 0 Å². The minimum atomic E-state index is 0.549. The van der Waals surface area contributed by atoms with Crippen LogP contribution >= 0.6 is 0 Å². The van der Waals surface area contributed by atoms with Crippen LogP contribution in [0.4, 0.5) is 5.95 Å². The Kier molecular flexibility index (Phi) is 4.73. The highest BCUT2D eigenvalue weighted by atomic mass is 15.2. The zero-order chi connectivity index (χ0) is 14.7. The molecule has 2 fully saturated rings. The van der Waals surface area contributed by atoms with Crippen LogP contribution in [0.3, 0.4) is 0 Å². The molecule has 2 heterocycles. The van der Waals surface area contributed by atoms with Crippen LogP contribution in [0.5, 0.6) is 0 Å². The van der Waals surface area contributed by atoms with Gasteiger partial charge in [-0.25, -0.2) is 9.97 Å². The standard InChI is InChI=1S/C17H28N4/c1-13-7-9-21(10-8-13)16-5-3-15(4-6-16)20-17-18-11-14(2)12-19-17/h11-13,15-16H,3-10H2,1-2H3,(H,18,19,20). The number of hydrogen-bond donors (Lipinski definition) is 1. The molecule has 0 unspecified atom stereocenters. The molecule has 4 heteroatoms. The average molecular weight is 288 g/mol. The Labute approximate surface area is 128 Å². The number of rotatable bonds is 3. The van der Waals surface area contributed by atoms with Crippen molar-refractivity contribution in [2.24, 2.45) is 5.92 Å². The Bertz CT molecular complexity index is 429. The van der Waals surface area contributed by atoms with Gasteiger partial charge in [0.05, 0.1) is 0 Å². The number of anilines is 1. The summed E-state index contributed by atoms with van der Waals surface area (Å²) in [7, 11) is 0. The SMILES string of the molecule is Cc1cnc(NC2CCC(N3CCC(C)CC3)CC2)nc1. The Hall–Kier alpha value is -1.16. The van der Waals surface area contributed by atoms with E-state index in [4.69, 9.17) is 0 Å². The van der Waals surface area contributed by atoms with Gasteiger partial charge in [-0.2, -0.15) is 0 Å². The maximum Gasteiger partial charge on any atom is 0.222 e. The molecule has 0 bridgehead atoms. The predicted molar refractivity (Wildman–Crippen MR) is 86.4 cm³/mol. The van der Waals surface area contributed by atoms with Gasteiger partial charge in [-0.3, -0.25) is 0 Å². The first kappa shape index (κ1) is 14.8. The topological polar surface area (TPSA) is 41.1 Å². The molecule has 1 N–H and O–H groups in total. The Morgan fingerprint density at radius 1 is 1.00 bits per heavy atom. The smallest absolute Gasteiger partial charge is 0.222 e. The summed E-state index contributed by atoms with van der Waals surface area (Å²) in [5, 5.41) is 3.50. The van der Waals surface area contributed by atoms with E-state index in [2.05, 4.69) is 27.1 Å². The van der Waals surface area contributed by atoms with Gasteiger partial charge in [0, 0.05) is 24.5 Å². The van der Waals surface area contributed by atoms with Crippen molar-refractivity contribution in [2.45, 2.75) is 64.5 Å². The van der Waals surface area contributed by atoms with E-state index in [0.29, 0.717) is 6.04 Å². The van der Waals surface area contributed by atoms with Gasteiger partial charge in [0.25, 0.3) is 0 Å². The first-order valence-electron chi connectivity index (χ1n) is 8.50. The van der Waals surface area contributed by atoms with Gasteiger partial charge in [0.2, 0.25) is 5.95 Å². The van der Waals surface area contributed by atoms with E-state index in [0.717, 1.165) is 23.5 Å². The highest BCUT2D eigenvalue weighted by Crippen LogP contribution is 2.28. The molecule has 21 heavy (non-hydrogen) atoms. The van der Waals surface area contributed by atoms with Gasteiger partial charge >= 0.3 is 0 Å². The van der Waals surface area contributed by atoms with Crippen molar-refractivity contribution in [3.05, 3.63) is 18.0 Å². The van der Waals surface area contributed by atoms with Crippen molar-refractivity contribution in [1.29, 1.82) is 0 Å². The molecular formula is C17H28N4. The highest BCUT2D eigenvalue weighted by Gasteiger charge is 2.28. The summed E-state index contributed by atoms with van der Waals surface area (Å²) >= 11 is 0. The van der Waals surface area contributed by atoms with E-state index in [1.807, 2.05) is 19.3 Å². The van der Waals surface area contributed by atoms with Crippen molar-refractivity contribution < 1.29 is 0 Å². The fraction of sp³-hybridized carbons (Fsp3) is 0.765. The van der Waals surface area contributed by atoms with Crippen LogP contribution in [0, 0.1) is 12.8 Å². The summed E-state index contributed by atoms with van der Waals surface area (Å²) in [5.41, 5.74) is 1.11. The monoisotopic (exact) mass is 288 g/mol. The summed E-state index contributed by atoms with van der Waals surface area (Å²) in [5.74, 6) is 1.72. The normalized spacial score (nSPS) is 28.5. The Morgan fingerprint density at radius 2 is 1.62 bits per heavy atom. The molecule has 2 aliphatic rings. The largest absolute Gasteiger partial charge is 0.351 e. The maximum absolute atomic E-state index is 4.36. The van der Waals surface area contributed by atoms with Gasteiger partial charge in [-0.1, -0.05) is 6.92 Å². The number of aromatic nitrogens is 2. The molecule has 1 aliphatic heterocycles. The van der Waals surface area contributed by atoms with Crippen LogP contribution < -0.4 is 5.32 Å². The number of nitrogens with zero attached hydrogens (tertiary/aromatic N) is 3. The second-order valence-corrected chi connectivity index (χ2v) is 6.95. The lowest BCUT2D eigenvalue weighted by molar-refractivity contribution is 0.108. The number of piperidine rings is 1. The third-order valence-electron chi connectivity index (χ3n) is 5.15. The quantitative estimate of drug-likeness (QED) is 0.927. The minimum absolute atomic E-state index is 0.549. The van der Waals surface area contributed by atoms with E-state index < -0.39 is 0 Å². The molecule has 1 aromatic rings. The maximum atomic E-state index is 4.36. The molecular weight excluding hydrogens is 260 g/mol. The molecule has 3 rings (SSSR count). The van der Waals surface area contributed by atoms with Crippen molar-refractivity contribution in [3.63, 3.8) is 0 Å². The van der Waals surface area contributed by atoms with E-state index in [9.17, 15) is 0 Å². The first-order valence-corrected chi connectivity index (χ1v) is 8.50. The van der Waals surface area contributed by atoms with Gasteiger partial charge in [0.15, 0.2) is 0 Å². The molecule has 1 aromatic heterocycles. The fourth-order valence-electron chi connectivity index (χ4n) is 3.63. The van der Waals surface area contributed by atoms with E-state index in [1.54, 1.807) is 0 Å². The van der Waals surface area contributed by atoms with Crippen molar-refractivity contribution in [2.75, 3.05) is 18.4 Å². The van der Waals surface area contributed by atoms with Crippen molar-refractivity contribution >= 4 is 5.95 Å². The molecule has 1 saturated heterocycles. The summed E-state index contributed by atoms with van der Waals surface area (Å²) < 4.78 is 0. The zero-order valence-corrected chi connectivity index (χ0v) is 13.4. The number of likely N-dealkylation sites (tertiary alicyclic amines) is 1. The fourth-order valence-corrected chi connectivity index (χ4v) is 3.63. The summed E-state index contributed by atoms with van der Waals surface area (Å²) in [6.07, 6.45) is 11.7. The number of hydrogen-bond acceptors (Lipinski definition) is 4. The van der Waals surface area contributed by atoms with Crippen LogP contribution in [-0.2, 0) is 0 Å². The second-order valence-electron chi connectivity index (χ2n) is 6.95. The molecule has 0 radical (unpaired) electrons. The molecule has 116 valence electrons. The lowest BCUT2D eigenvalue weighted by Crippen LogP contribution is -2.44. The number of aryl methyl sites for hydroxylation is 1. The molecule has 4 nitrogen and oxygen atoms in total. The summed E-state index contributed by atoms with van der Waals surface area (Å²) in [6, 6.07) is 1.36. The van der Waals surface area contributed by atoms with Crippen LogP contribution in [0.15, 0.2) is 12.4 Å². The van der Waals surface area contributed by atoms with E-state index in [1.165, 1.54) is 51.6 Å². The Morgan fingerprint density at radius 3 is 2.24 bits per heavy atom. The third-order valence-corrected chi connectivity index (χ3v) is 5.15. The lowest BCUT2D eigenvalue weighted by Gasteiger charge is -2.40. The third kappa shape index (κ3) is 3.94. The molecule has 0 spiro atoms. The summed E-state index contributed by atoms with van der Waals surface area (Å²) in [4.78, 5) is 11.4. The second kappa shape index (κ2) is 6.73. The van der Waals surface area contributed by atoms with E-state index >= 15 is 0 Å². The molecule has 0 aromatic carbocycles. The molecule has 0 amide bonds. The van der Waals surface area contributed by atoms with Gasteiger partial charge in [-0.15, -0.1) is 0 Å². The van der Waals surface area contributed by atoms with Gasteiger partial charge in [0.1, 0.15) is 0 Å².